The molecular formula is C16H24N2O2. The Bertz CT molecular complexity index is 450. The minimum atomic E-state index is -0.686. The van der Waals surface area contributed by atoms with Crippen LogP contribution in [-0.2, 0) is 0 Å². The summed E-state index contributed by atoms with van der Waals surface area (Å²) in [7, 11) is 1.76. The van der Waals surface area contributed by atoms with Crippen LogP contribution in [0, 0.1) is 0 Å². The van der Waals surface area contributed by atoms with Crippen molar-refractivity contribution in [2.45, 2.75) is 38.2 Å². The van der Waals surface area contributed by atoms with E-state index in [1.165, 1.54) is 0 Å². The van der Waals surface area contributed by atoms with Crippen LogP contribution in [0.15, 0.2) is 24.3 Å². The molecule has 20 heavy (non-hydrogen) atoms. The van der Waals surface area contributed by atoms with Crippen molar-refractivity contribution in [3.05, 3.63) is 29.8 Å². The number of carbonyl (C=O) groups is 1. The van der Waals surface area contributed by atoms with Crippen molar-refractivity contribution < 1.29 is 9.90 Å². The van der Waals surface area contributed by atoms with Crippen molar-refractivity contribution in [3.63, 3.8) is 0 Å². The van der Waals surface area contributed by atoms with Gasteiger partial charge in [-0.3, -0.25) is 4.79 Å². The predicted molar refractivity (Wildman–Crippen MR) is 81.0 cm³/mol. The Labute approximate surface area is 120 Å². The molecule has 1 amide bonds. The molecule has 0 spiro atoms. The SMILES string of the molecule is CCNc1ccc(C(=O)N(C)CC2(O)CCCC2)cc1. The van der Waals surface area contributed by atoms with Gasteiger partial charge in [0.2, 0.25) is 0 Å². The molecule has 1 fully saturated rings. The first kappa shape index (κ1) is 14.9. The monoisotopic (exact) mass is 276 g/mol. The number of carbonyl (C=O) groups excluding carboxylic acids is 1. The fourth-order valence-corrected chi connectivity index (χ4v) is 2.86. The minimum Gasteiger partial charge on any atom is -0.388 e. The number of hydrogen-bond acceptors (Lipinski definition) is 3. The third-order valence-corrected chi connectivity index (χ3v) is 3.93. The van der Waals surface area contributed by atoms with Gasteiger partial charge in [0.1, 0.15) is 0 Å². The summed E-state index contributed by atoms with van der Waals surface area (Å²) in [5.41, 5.74) is 0.991. The molecular weight excluding hydrogens is 252 g/mol. The van der Waals surface area contributed by atoms with Gasteiger partial charge in [-0.05, 0) is 44.0 Å². The standard InChI is InChI=1S/C16H24N2O2/c1-3-17-14-8-6-13(7-9-14)15(19)18(2)12-16(20)10-4-5-11-16/h6-9,17,20H,3-5,10-12H2,1-2H3. The van der Waals surface area contributed by atoms with Crippen LogP contribution >= 0.6 is 0 Å². The average molecular weight is 276 g/mol. The quantitative estimate of drug-likeness (QED) is 0.868. The molecule has 110 valence electrons. The van der Waals surface area contributed by atoms with Gasteiger partial charge in [-0.2, -0.15) is 0 Å². The molecule has 2 rings (SSSR count). The van der Waals surface area contributed by atoms with E-state index in [-0.39, 0.29) is 5.91 Å². The smallest absolute Gasteiger partial charge is 0.253 e. The largest absolute Gasteiger partial charge is 0.388 e. The molecule has 0 heterocycles. The minimum absolute atomic E-state index is 0.0339. The van der Waals surface area contributed by atoms with Crippen molar-refractivity contribution in [1.82, 2.24) is 4.90 Å². The van der Waals surface area contributed by atoms with Crippen LogP contribution in [-0.4, -0.2) is 41.7 Å². The number of benzene rings is 1. The Hall–Kier alpha value is -1.55. The molecule has 0 atom stereocenters. The zero-order valence-corrected chi connectivity index (χ0v) is 12.4. The summed E-state index contributed by atoms with van der Waals surface area (Å²) < 4.78 is 0. The molecule has 1 saturated carbocycles. The van der Waals surface area contributed by atoms with Gasteiger partial charge >= 0.3 is 0 Å². The highest BCUT2D eigenvalue weighted by Gasteiger charge is 2.33. The molecule has 0 unspecified atom stereocenters. The zero-order valence-electron chi connectivity index (χ0n) is 12.4. The number of nitrogens with zero attached hydrogens (tertiary/aromatic N) is 1. The van der Waals surface area contributed by atoms with E-state index >= 15 is 0 Å². The molecule has 2 N–H and O–H groups in total. The van der Waals surface area contributed by atoms with Crippen molar-refractivity contribution in [3.8, 4) is 0 Å². The van der Waals surface area contributed by atoms with E-state index in [4.69, 9.17) is 0 Å². The molecule has 0 bridgehead atoms. The van der Waals surface area contributed by atoms with Gasteiger partial charge in [0, 0.05) is 31.4 Å². The van der Waals surface area contributed by atoms with Gasteiger partial charge in [0.05, 0.1) is 5.60 Å². The maximum atomic E-state index is 12.3. The van der Waals surface area contributed by atoms with Gasteiger partial charge in [-0.1, -0.05) is 12.8 Å². The number of anilines is 1. The summed E-state index contributed by atoms with van der Waals surface area (Å²) in [6.45, 7) is 3.32. The highest BCUT2D eigenvalue weighted by Crippen LogP contribution is 2.30. The van der Waals surface area contributed by atoms with Crippen LogP contribution in [0.2, 0.25) is 0 Å². The van der Waals surface area contributed by atoms with Gasteiger partial charge in [0.15, 0.2) is 0 Å². The number of likely N-dealkylation sites (N-methyl/N-ethyl adjacent to an activating group) is 1. The Morgan fingerprint density at radius 2 is 1.90 bits per heavy atom. The first-order valence-corrected chi connectivity index (χ1v) is 7.36. The van der Waals surface area contributed by atoms with E-state index in [2.05, 4.69) is 5.32 Å². The third-order valence-electron chi connectivity index (χ3n) is 3.93. The maximum absolute atomic E-state index is 12.3. The van der Waals surface area contributed by atoms with Crippen LogP contribution in [0.3, 0.4) is 0 Å². The molecule has 0 aliphatic heterocycles. The molecule has 0 radical (unpaired) electrons. The average Bonchev–Trinajstić information content (AvgIpc) is 2.85. The lowest BCUT2D eigenvalue weighted by Crippen LogP contribution is -2.42. The van der Waals surface area contributed by atoms with Gasteiger partial charge in [-0.15, -0.1) is 0 Å². The van der Waals surface area contributed by atoms with Gasteiger partial charge in [-0.25, -0.2) is 0 Å². The molecule has 4 nitrogen and oxygen atoms in total. The predicted octanol–water partition coefficient (Wildman–Crippen LogP) is 2.50. The number of rotatable bonds is 5. The van der Waals surface area contributed by atoms with Crippen molar-refractivity contribution in [2.75, 3.05) is 25.5 Å². The van der Waals surface area contributed by atoms with Crippen molar-refractivity contribution in [2.24, 2.45) is 0 Å². The van der Waals surface area contributed by atoms with Gasteiger partial charge in [0.25, 0.3) is 5.91 Å². The molecule has 1 aliphatic rings. The van der Waals surface area contributed by atoms with Crippen LogP contribution in [0.4, 0.5) is 5.69 Å². The Morgan fingerprint density at radius 3 is 2.45 bits per heavy atom. The first-order valence-electron chi connectivity index (χ1n) is 7.36. The summed E-state index contributed by atoms with van der Waals surface area (Å²) in [6.07, 6.45) is 3.69. The Morgan fingerprint density at radius 1 is 1.30 bits per heavy atom. The van der Waals surface area contributed by atoms with E-state index in [9.17, 15) is 9.90 Å². The lowest BCUT2D eigenvalue weighted by atomic mass is 10.0. The van der Waals surface area contributed by atoms with E-state index in [0.29, 0.717) is 12.1 Å². The second kappa shape index (κ2) is 6.27. The highest BCUT2D eigenvalue weighted by molar-refractivity contribution is 5.94. The number of hydrogen-bond donors (Lipinski definition) is 2. The number of aliphatic hydroxyl groups is 1. The van der Waals surface area contributed by atoms with Crippen molar-refractivity contribution in [1.29, 1.82) is 0 Å². The Balaban J connectivity index is 1.99. The zero-order chi connectivity index (χ0) is 14.6. The molecule has 1 aliphatic carbocycles. The van der Waals surface area contributed by atoms with Crippen LogP contribution in [0.1, 0.15) is 43.0 Å². The highest BCUT2D eigenvalue weighted by atomic mass is 16.3. The molecule has 0 saturated heterocycles. The van der Waals surface area contributed by atoms with Crippen LogP contribution < -0.4 is 5.32 Å². The lowest BCUT2D eigenvalue weighted by Gasteiger charge is -2.28. The van der Waals surface area contributed by atoms with E-state index in [0.717, 1.165) is 37.9 Å². The summed E-state index contributed by atoms with van der Waals surface area (Å²) in [5, 5.41) is 13.6. The van der Waals surface area contributed by atoms with Crippen LogP contribution in [0.25, 0.3) is 0 Å². The van der Waals surface area contributed by atoms with Gasteiger partial charge < -0.3 is 15.3 Å². The Kier molecular flexibility index (Phi) is 4.65. The fraction of sp³-hybridized carbons (Fsp3) is 0.562. The van der Waals surface area contributed by atoms with E-state index < -0.39 is 5.60 Å². The first-order chi connectivity index (χ1) is 9.54. The lowest BCUT2D eigenvalue weighted by molar-refractivity contribution is 0.0157. The fourth-order valence-electron chi connectivity index (χ4n) is 2.86. The summed E-state index contributed by atoms with van der Waals surface area (Å²) in [6, 6.07) is 7.48. The number of nitrogens with one attached hydrogen (secondary N) is 1. The molecule has 1 aromatic carbocycles. The molecule has 1 aromatic rings. The molecule has 4 heteroatoms. The van der Waals surface area contributed by atoms with Crippen LogP contribution in [0.5, 0.6) is 0 Å². The van der Waals surface area contributed by atoms with E-state index in [1.54, 1.807) is 11.9 Å². The summed E-state index contributed by atoms with van der Waals surface area (Å²) in [4.78, 5) is 14.0. The normalized spacial score (nSPS) is 16.9. The topological polar surface area (TPSA) is 52.6 Å². The maximum Gasteiger partial charge on any atom is 0.253 e. The molecule has 0 aromatic heterocycles. The van der Waals surface area contributed by atoms with E-state index in [1.807, 2.05) is 31.2 Å². The second-order valence-corrected chi connectivity index (χ2v) is 5.70. The third kappa shape index (κ3) is 3.51. The summed E-state index contributed by atoms with van der Waals surface area (Å²) in [5.74, 6) is -0.0339. The van der Waals surface area contributed by atoms with Crippen molar-refractivity contribution >= 4 is 11.6 Å². The summed E-state index contributed by atoms with van der Waals surface area (Å²) >= 11 is 0. The second-order valence-electron chi connectivity index (χ2n) is 5.70. The number of amides is 1.